The van der Waals surface area contributed by atoms with Crippen molar-refractivity contribution >= 4 is 17.5 Å². The van der Waals surface area contributed by atoms with Crippen molar-refractivity contribution in [2.45, 2.75) is 20.8 Å². The number of hydrogen-bond acceptors (Lipinski definition) is 4. The first-order valence-electron chi connectivity index (χ1n) is 8.57. The third-order valence-corrected chi connectivity index (χ3v) is 3.97. The Morgan fingerprint density at radius 2 is 1.58 bits per heavy atom. The van der Waals surface area contributed by atoms with Crippen LogP contribution in [0.4, 0.5) is 5.69 Å². The van der Waals surface area contributed by atoms with Crippen molar-refractivity contribution in [1.82, 2.24) is 15.2 Å². The van der Waals surface area contributed by atoms with Gasteiger partial charge in [0.15, 0.2) is 0 Å². The maximum atomic E-state index is 12.6. The van der Waals surface area contributed by atoms with Gasteiger partial charge in [-0.15, -0.1) is 0 Å². The molecule has 6 nitrogen and oxygen atoms in total. The second kappa shape index (κ2) is 8.58. The van der Waals surface area contributed by atoms with E-state index in [1.807, 2.05) is 51.9 Å². The molecule has 0 saturated heterocycles. The van der Waals surface area contributed by atoms with Crippen LogP contribution in [0.5, 0.6) is 0 Å². The van der Waals surface area contributed by atoms with Gasteiger partial charge in [0.05, 0.1) is 0 Å². The van der Waals surface area contributed by atoms with Crippen LogP contribution in [-0.4, -0.2) is 48.9 Å². The molecule has 1 heterocycles. The Labute approximate surface area is 154 Å². The van der Waals surface area contributed by atoms with Crippen molar-refractivity contribution in [2.24, 2.45) is 0 Å². The molecular weight excluding hydrogens is 328 g/mol. The molecule has 0 aliphatic carbocycles. The first kappa shape index (κ1) is 19.6. The fraction of sp³-hybridized carbons (Fsp3) is 0.350. The number of anilines is 1. The zero-order valence-electron chi connectivity index (χ0n) is 16.0. The van der Waals surface area contributed by atoms with Crippen LogP contribution in [0.25, 0.3) is 0 Å². The quantitative estimate of drug-likeness (QED) is 0.836. The molecule has 0 aliphatic rings. The highest BCUT2D eigenvalue weighted by molar-refractivity contribution is 6.04. The molecule has 2 aromatic rings. The van der Waals surface area contributed by atoms with Crippen LogP contribution >= 0.6 is 0 Å². The SMILES string of the molecule is Cc1cc(C)c(NC(=O)c2cccc(C(=O)NCCN(C)C)n2)c(C)c1. The molecule has 0 unspecified atom stereocenters. The molecule has 0 bridgehead atoms. The summed E-state index contributed by atoms with van der Waals surface area (Å²) in [6.45, 7) is 7.18. The molecule has 2 rings (SSSR count). The molecule has 0 radical (unpaired) electrons. The molecule has 2 N–H and O–H groups in total. The third kappa shape index (κ3) is 5.13. The number of benzene rings is 1. The van der Waals surface area contributed by atoms with Gasteiger partial charge in [-0.3, -0.25) is 9.59 Å². The summed E-state index contributed by atoms with van der Waals surface area (Å²) in [4.78, 5) is 30.9. The van der Waals surface area contributed by atoms with Gasteiger partial charge in [0.1, 0.15) is 11.4 Å². The summed E-state index contributed by atoms with van der Waals surface area (Å²) in [7, 11) is 3.87. The number of hydrogen-bond donors (Lipinski definition) is 2. The van der Waals surface area contributed by atoms with Gasteiger partial charge >= 0.3 is 0 Å². The van der Waals surface area contributed by atoms with Gasteiger partial charge in [-0.1, -0.05) is 23.8 Å². The summed E-state index contributed by atoms with van der Waals surface area (Å²) in [5, 5.41) is 5.70. The Balaban J connectivity index is 2.12. The van der Waals surface area contributed by atoms with Crippen molar-refractivity contribution in [1.29, 1.82) is 0 Å². The number of nitrogens with zero attached hydrogens (tertiary/aromatic N) is 2. The molecule has 0 fully saturated rings. The largest absolute Gasteiger partial charge is 0.349 e. The Hall–Kier alpha value is -2.73. The minimum absolute atomic E-state index is 0.213. The van der Waals surface area contributed by atoms with Gasteiger partial charge in [0.2, 0.25) is 0 Å². The van der Waals surface area contributed by atoms with Crippen molar-refractivity contribution in [2.75, 3.05) is 32.5 Å². The number of rotatable bonds is 6. The van der Waals surface area contributed by atoms with Gasteiger partial charge in [-0.05, 0) is 58.1 Å². The van der Waals surface area contributed by atoms with Gasteiger partial charge in [0.25, 0.3) is 11.8 Å². The van der Waals surface area contributed by atoms with Crippen LogP contribution in [0.15, 0.2) is 30.3 Å². The van der Waals surface area contributed by atoms with Crippen LogP contribution in [0.2, 0.25) is 0 Å². The third-order valence-electron chi connectivity index (χ3n) is 3.97. The van der Waals surface area contributed by atoms with Crippen LogP contribution < -0.4 is 10.6 Å². The highest BCUT2D eigenvalue weighted by atomic mass is 16.2. The number of amides is 2. The fourth-order valence-corrected chi connectivity index (χ4v) is 2.73. The Morgan fingerprint density at radius 3 is 2.15 bits per heavy atom. The zero-order chi connectivity index (χ0) is 19.3. The molecule has 1 aromatic carbocycles. The predicted octanol–water partition coefficient (Wildman–Crippen LogP) is 2.55. The molecule has 0 atom stereocenters. The molecular formula is C20H26N4O2. The van der Waals surface area contributed by atoms with E-state index in [0.29, 0.717) is 6.54 Å². The number of aromatic nitrogens is 1. The van der Waals surface area contributed by atoms with E-state index in [1.54, 1.807) is 18.2 Å². The number of likely N-dealkylation sites (N-methyl/N-ethyl adjacent to an activating group) is 1. The summed E-state index contributed by atoms with van der Waals surface area (Å²) < 4.78 is 0. The predicted molar refractivity (Wildman–Crippen MR) is 104 cm³/mol. The van der Waals surface area contributed by atoms with E-state index < -0.39 is 0 Å². The first-order chi connectivity index (χ1) is 12.3. The Kier molecular flexibility index (Phi) is 6.46. The molecule has 0 saturated carbocycles. The summed E-state index contributed by atoms with van der Waals surface area (Å²) >= 11 is 0. The number of carbonyl (C=O) groups excluding carboxylic acids is 2. The van der Waals surface area contributed by atoms with Crippen molar-refractivity contribution < 1.29 is 9.59 Å². The van der Waals surface area contributed by atoms with Gasteiger partial charge in [-0.25, -0.2) is 4.98 Å². The lowest BCUT2D eigenvalue weighted by Gasteiger charge is -2.13. The first-order valence-corrected chi connectivity index (χ1v) is 8.57. The summed E-state index contributed by atoms with van der Waals surface area (Å²) in [6.07, 6.45) is 0. The van der Waals surface area contributed by atoms with Gasteiger partial charge < -0.3 is 15.5 Å². The molecule has 6 heteroatoms. The highest BCUT2D eigenvalue weighted by Gasteiger charge is 2.14. The Morgan fingerprint density at radius 1 is 1.00 bits per heavy atom. The van der Waals surface area contributed by atoms with E-state index in [-0.39, 0.29) is 23.2 Å². The number of carbonyl (C=O) groups is 2. The zero-order valence-corrected chi connectivity index (χ0v) is 16.0. The average Bonchev–Trinajstić information content (AvgIpc) is 2.57. The van der Waals surface area contributed by atoms with Crippen LogP contribution in [0.1, 0.15) is 37.7 Å². The maximum absolute atomic E-state index is 12.6. The number of aryl methyl sites for hydroxylation is 3. The van der Waals surface area contributed by atoms with Gasteiger partial charge in [-0.2, -0.15) is 0 Å². The number of nitrogens with one attached hydrogen (secondary N) is 2. The minimum atomic E-state index is -0.331. The molecule has 0 spiro atoms. The van der Waals surface area contributed by atoms with Crippen LogP contribution in [0.3, 0.4) is 0 Å². The second-order valence-corrected chi connectivity index (χ2v) is 6.70. The summed E-state index contributed by atoms with van der Waals surface area (Å²) in [5.74, 6) is -0.618. The lowest BCUT2D eigenvalue weighted by molar-refractivity contribution is 0.0946. The van der Waals surface area contributed by atoms with Crippen molar-refractivity contribution in [3.8, 4) is 0 Å². The normalized spacial score (nSPS) is 10.7. The average molecular weight is 354 g/mol. The Bertz CT molecular complexity index is 792. The smallest absolute Gasteiger partial charge is 0.274 e. The van der Waals surface area contributed by atoms with E-state index in [1.165, 1.54) is 0 Å². The summed E-state index contributed by atoms with van der Waals surface area (Å²) in [6, 6.07) is 8.90. The molecule has 0 aliphatic heterocycles. The number of pyridine rings is 1. The van der Waals surface area contributed by atoms with E-state index in [4.69, 9.17) is 0 Å². The molecule has 2 amide bonds. The van der Waals surface area contributed by atoms with Crippen molar-refractivity contribution in [3.63, 3.8) is 0 Å². The molecule has 138 valence electrons. The second-order valence-electron chi connectivity index (χ2n) is 6.70. The van der Waals surface area contributed by atoms with E-state index in [0.717, 1.165) is 28.9 Å². The van der Waals surface area contributed by atoms with E-state index in [2.05, 4.69) is 15.6 Å². The van der Waals surface area contributed by atoms with E-state index >= 15 is 0 Å². The van der Waals surface area contributed by atoms with Crippen molar-refractivity contribution in [3.05, 3.63) is 58.4 Å². The van der Waals surface area contributed by atoms with Gasteiger partial charge in [0, 0.05) is 18.8 Å². The topological polar surface area (TPSA) is 74.3 Å². The summed E-state index contributed by atoms with van der Waals surface area (Å²) in [5.41, 5.74) is 4.36. The standard InChI is InChI=1S/C20H26N4O2/c1-13-11-14(2)18(15(3)12-13)23-20(26)17-8-6-7-16(22-17)19(25)21-9-10-24(4)5/h6-8,11-12H,9-10H2,1-5H3,(H,21,25)(H,23,26). The minimum Gasteiger partial charge on any atom is -0.349 e. The lowest BCUT2D eigenvalue weighted by Crippen LogP contribution is -2.32. The monoisotopic (exact) mass is 354 g/mol. The fourth-order valence-electron chi connectivity index (χ4n) is 2.73. The highest BCUT2D eigenvalue weighted by Crippen LogP contribution is 2.22. The molecule has 1 aromatic heterocycles. The van der Waals surface area contributed by atoms with E-state index in [9.17, 15) is 9.59 Å². The van der Waals surface area contributed by atoms with Crippen LogP contribution in [0, 0.1) is 20.8 Å². The van der Waals surface area contributed by atoms with Crippen LogP contribution in [-0.2, 0) is 0 Å². The molecule has 26 heavy (non-hydrogen) atoms. The maximum Gasteiger partial charge on any atom is 0.274 e. The lowest BCUT2D eigenvalue weighted by atomic mass is 10.0.